The van der Waals surface area contributed by atoms with Gasteiger partial charge in [-0.15, -0.1) is 0 Å². The Hall–Kier alpha value is -1.92. The van der Waals surface area contributed by atoms with Gasteiger partial charge in [-0.2, -0.15) is 0 Å². The zero-order valence-electron chi connectivity index (χ0n) is 10.4. The van der Waals surface area contributed by atoms with Gasteiger partial charge < -0.3 is 21.2 Å². The predicted molar refractivity (Wildman–Crippen MR) is 75.4 cm³/mol. The van der Waals surface area contributed by atoms with Crippen molar-refractivity contribution in [1.29, 1.82) is 5.41 Å². The van der Waals surface area contributed by atoms with E-state index in [1.54, 1.807) is 19.1 Å². The molecule has 0 unspecified atom stereocenters. The molecule has 0 atom stereocenters. The smallest absolute Gasteiger partial charge is 0.423 e. The van der Waals surface area contributed by atoms with Crippen LogP contribution >= 0.6 is 0 Å². The van der Waals surface area contributed by atoms with Gasteiger partial charge in [0.25, 0.3) is 0 Å². The molecule has 0 aliphatic heterocycles. The number of benzene rings is 2. The van der Waals surface area contributed by atoms with E-state index in [-0.39, 0.29) is 16.7 Å². The Labute approximate surface area is 110 Å². The van der Waals surface area contributed by atoms with Crippen LogP contribution in [0.1, 0.15) is 18.1 Å². The third-order valence-corrected chi connectivity index (χ3v) is 3.23. The molecule has 4 nitrogen and oxygen atoms in total. The minimum absolute atomic E-state index is 0.0846. The number of hydrogen-bond donors (Lipinski definition) is 4. The molecule has 0 aliphatic carbocycles. The molecule has 2 rings (SSSR count). The molecule has 98 valence electrons. The molecule has 2 aromatic carbocycles. The summed E-state index contributed by atoms with van der Waals surface area (Å²) >= 11 is 0. The van der Waals surface area contributed by atoms with Crippen molar-refractivity contribution in [3.05, 3.63) is 35.1 Å². The van der Waals surface area contributed by atoms with Gasteiger partial charge in [0.15, 0.2) is 0 Å². The fraction of sp³-hybridized carbons (Fsp3) is 0.154. The van der Waals surface area contributed by atoms with Crippen LogP contribution in [0.15, 0.2) is 18.2 Å². The SMILES string of the molecule is CCc1c(F)ccc2cc(N)c(C=N)c(B(O)O)c12. The maximum absolute atomic E-state index is 13.8. The summed E-state index contributed by atoms with van der Waals surface area (Å²) in [6, 6.07) is 4.48. The summed E-state index contributed by atoms with van der Waals surface area (Å²) in [6.07, 6.45) is 1.36. The van der Waals surface area contributed by atoms with Gasteiger partial charge in [0.1, 0.15) is 5.82 Å². The van der Waals surface area contributed by atoms with Crippen molar-refractivity contribution < 1.29 is 14.4 Å². The Balaban J connectivity index is 3.04. The number of rotatable bonds is 3. The number of aryl methyl sites for hydroxylation is 1. The Bertz CT molecular complexity index is 659. The van der Waals surface area contributed by atoms with Crippen LogP contribution in [-0.4, -0.2) is 23.4 Å². The Kier molecular flexibility index (Phi) is 3.55. The first kappa shape index (κ1) is 13.5. The molecule has 0 aliphatic rings. The quantitative estimate of drug-likeness (QED) is 0.374. The molecule has 0 spiro atoms. The maximum atomic E-state index is 13.8. The van der Waals surface area contributed by atoms with Gasteiger partial charge in [-0.3, -0.25) is 0 Å². The van der Waals surface area contributed by atoms with E-state index in [1.165, 1.54) is 6.07 Å². The van der Waals surface area contributed by atoms with Crippen LogP contribution < -0.4 is 11.2 Å². The highest BCUT2D eigenvalue weighted by Gasteiger charge is 2.23. The molecule has 2 aromatic rings. The third-order valence-electron chi connectivity index (χ3n) is 3.23. The summed E-state index contributed by atoms with van der Waals surface area (Å²) in [6.45, 7) is 1.78. The average molecular weight is 260 g/mol. The molecule has 0 fully saturated rings. The van der Waals surface area contributed by atoms with Crippen molar-refractivity contribution >= 4 is 35.3 Å². The number of nitrogen functional groups attached to an aromatic ring is 1. The van der Waals surface area contributed by atoms with Gasteiger partial charge >= 0.3 is 7.12 Å². The summed E-state index contributed by atoms with van der Waals surface area (Å²) in [7, 11) is -1.81. The highest BCUT2D eigenvalue weighted by Crippen LogP contribution is 2.25. The molecule has 6 heteroatoms. The summed E-state index contributed by atoms with van der Waals surface area (Å²) in [4.78, 5) is 0. The molecular weight excluding hydrogens is 246 g/mol. The van der Waals surface area contributed by atoms with Crippen molar-refractivity contribution in [2.75, 3.05) is 5.73 Å². The van der Waals surface area contributed by atoms with Gasteiger partial charge in [0.2, 0.25) is 0 Å². The molecule has 0 saturated carbocycles. The fourth-order valence-corrected chi connectivity index (χ4v) is 2.39. The van der Waals surface area contributed by atoms with E-state index in [2.05, 4.69) is 0 Å². The summed E-state index contributed by atoms with van der Waals surface area (Å²) in [5.74, 6) is -0.405. The average Bonchev–Trinajstić information content (AvgIpc) is 2.37. The van der Waals surface area contributed by atoms with E-state index in [0.29, 0.717) is 22.8 Å². The molecule has 0 bridgehead atoms. The Morgan fingerprint density at radius 2 is 2.11 bits per heavy atom. The predicted octanol–water partition coefficient (Wildman–Crippen LogP) is 0.801. The van der Waals surface area contributed by atoms with Crippen molar-refractivity contribution in [2.45, 2.75) is 13.3 Å². The lowest BCUT2D eigenvalue weighted by Crippen LogP contribution is -2.35. The minimum atomic E-state index is -1.81. The van der Waals surface area contributed by atoms with Crippen molar-refractivity contribution in [1.82, 2.24) is 0 Å². The molecular formula is C13H14BFN2O2. The second-order valence-corrected chi connectivity index (χ2v) is 4.29. The fourth-order valence-electron chi connectivity index (χ4n) is 2.39. The van der Waals surface area contributed by atoms with E-state index in [4.69, 9.17) is 11.1 Å². The second-order valence-electron chi connectivity index (χ2n) is 4.29. The lowest BCUT2D eigenvalue weighted by Gasteiger charge is -2.15. The normalized spacial score (nSPS) is 10.7. The van der Waals surface area contributed by atoms with Crippen molar-refractivity contribution in [3.8, 4) is 0 Å². The monoisotopic (exact) mass is 260 g/mol. The van der Waals surface area contributed by atoms with Gasteiger partial charge in [-0.05, 0) is 34.9 Å². The highest BCUT2D eigenvalue weighted by atomic mass is 19.1. The van der Waals surface area contributed by atoms with E-state index in [9.17, 15) is 14.4 Å². The van der Waals surface area contributed by atoms with Crippen LogP contribution in [0.25, 0.3) is 10.8 Å². The molecule has 5 N–H and O–H groups in total. The van der Waals surface area contributed by atoms with Crippen LogP contribution in [0, 0.1) is 11.2 Å². The number of nitrogens with one attached hydrogen (secondary N) is 1. The third kappa shape index (κ3) is 2.09. The lowest BCUT2D eigenvalue weighted by atomic mass is 9.72. The maximum Gasteiger partial charge on any atom is 0.489 e. The van der Waals surface area contributed by atoms with Crippen LogP contribution in [-0.2, 0) is 6.42 Å². The molecule has 0 heterocycles. The van der Waals surface area contributed by atoms with E-state index in [0.717, 1.165) is 6.21 Å². The van der Waals surface area contributed by atoms with Gasteiger partial charge in [0.05, 0.1) is 0 Å². The van der Waals surface area contributed by atoms with Gasteiger partial charge in [0, 0.05) is 22.9 Å². The van der Waals surface area contributed by atoms with Crippen LogP contribution in [0.2, 0.25) is 0 Å². The molecule has 0 radical (unpaired) electrons. The highest BCUT2D eigenvalue weighted by molar-refractivity contribution is 6.64. The van der Waals surface area contributed by atoms with E-state index >= 15 is 0 Å². The lowest BCUT2D eigenvalue weighted by molar-refractivity contribution is 0.426. The van der Waals surface area contributed by atoms with Gasteiger partial charge in [-0.1, -0.05) is 13.0 Å². The van der Waals surface area contributed by atoms with Crippen molar-refractivity contribution in [3.63, 3.8) is 0 Å². The largest absolute Gasteiger partial charge is 0.489 e. The first-order chi connectivity index (χ1) is 9.01. The number of nitrogens with two attached hydrogens (primary N) is 1. The first-order valence-electron chi connectivity index (χ1n) is 5.91. The second kappa shape index (κ2) is 4.99. The number of anilines is 1. The van der Waals surface area contributed by atoms with Crippen molar-refractivity contribution in [2.24, 2.45) is 0 Å². The Morgan fingerprint density at radius 3 is 2.63 bits per heavy atom. The van der Waals surface area contributed by atoms with Crippen LogP contribution in [0.5, 0.6) is 0 Å². The first-order valence-corrected chi connectivity index (χ1v) is 5.91. The zero-order valence-corrected chi connectivity index (χ0v) is 10.4. The zero-order chi connectivity index (χ0) is 14.2. The van der Waals surface area contributed by atoms with E-state index < -0.39 is 12.9 Å². The molecule has 0 amide bonds. The molecule has 0 saturated heterocycles. The Morgan fingerprint density at radius 1 is 1.42 bits per heavy atom. The summed E-state index contributed by atoms with van der Waals surface area (Å²) < 4.78 is 13.8. The van der Waals surface area contributed by atoms with E-state index in [1.807, 2.05) is 0 Å². The topological polar surface area (TPSA) is 90.3 Å². The van der Waals surface area contributed by atoms with Gasteiger partial charge in [-0.25, -0.2) is 4.39 Å². The minimum Gasteiger partial charge on any atom is -0.423 e. The summed E-state index contributed by atoms with van der Waals surface area (Å²) in [5, 5.41) is 27.5. The standard InChI is InChI=1S/C13H14BFN2O2/c1-2-8-10(15)4-3-7-5-11(17)9(6-16)13(12(7)8)14(18)19/h3-6,16,18-19H,2,17H2,1H3. The van der Waals surface area contributed by atoms with Crippen LogP contribution in [0.4, 0.5) is 10.1 Å². The van der Waals surface area contributed by atoms with Crippen LogP contribution in [0.3, 0.4) is 0 Å². The summed E-state index contributed by atoms with van der Waals surface area (Å²) in [5.41, 5.74) is 6.75. The molecule has 19 heavy (non-hydrogen) atoms. The number of hydrogen-bond acceptors (Lipinski definition) is 4. The number of halogens is 1. The number of fused-ring (bicyclic) bond motifs is 1. The molecule has 0 aromatic heterocycles.